The minimum atomic E-state index is -0.423. The molecule has 2 heterocycles. The van der Waals surface area contributed by atoms with E-state index in [4.69, 9.17) is 4.74 Å². The number of carbonyl (C=O) groups is 2. The van der Waals surface area contributed by atoms with Gasteiger partial charge in [0.05, 0.1) is 0 Å². The lowest BCUT2D eigenvalue weighted by Gasteiger charge is -2.30. The summed E-state index contributed by atoms with van der Waals surface area (Å²) in [6.45, 7) is 7.31. The number of nitrogens with zero attached hydrogens (tertiary/aromatic N) is 1. The van der Waals surface area contributed by atoms with E-state index in [1.807, 2.05) is 18.2 Å². The van der Waals surface area contributed by atoms with Gasteiger partial charge in [-0.2, -0.15) is 0 Å². The molecule has 27 heavy (non-hydrogen) atoms. The summed E-state index contributed by atoms with van der Waals surface area (Å²) >= 11 is 0. The molecule has 6 heteroatoms. The molecule has 6 nitrogen and oxygen atoms in total. The molecule has 4 rings (SSSR count). The van der Waals surface area contributed by atoms with Crippen LogP contribution in [-0.2, 0) is 11.3 Å². The standard InChI is InChI=1S/C21H27N3O3/c1-3-22-17-5-4-6-19(17)27-15-8-9-16-14(11-15)12-24(21(16)26)18-10-7-13(2)23-20(18)25/h8-9,11,17-19,22H,2-7,10,12H2,1H3,(H,23,25)/t17-,18?,19-/m1/s1. The Morgan fingerprint density at radius 2 is 2.15 bits per heavy atom. The summed E-state index contributed by atoms with van der Waals surface area (Å²) in [5.41, 5.74) is 2.34. The van der Waals surface area contributed by atoms with Gasteiger partial charge in [-0.3, -0.25) is 9.59 Å². The third-order valence-corrected chi connectivity index (χ3v) is 5.81. The van der Waals surface area contributed by atoms with Crippen LogP contribution in [-0.4, -0.2) is 41.4 Å². The molecular weight excluding hydrogens is 342 g/mol. The summed E-state index contributed by atoms with van der Waals surface area (Å²) in [6, 6.07) is 5.65. The van der Waals surface area contributed by atoms with Crippen molar-refractivity contribution < 1.29 is 14.3 Å². The fourth-order valence-electron chi connectivity index (χ4n) is 4.44. The topological polar surface area (TPSA) is 70.7 Å². The molecule has 0 spiro atoms. The Bertz CT molecular complexity index is 776. The SMILES string of the molecule is C=C1CCC(N2Cc3cc(O[C@@H]4CCC[C@H]4NCC)ccc3C2=O)C(=O)N1. The molecule has 1 saturated carbocycles. The normalized spacial score (nSPS) is 27.7. The average Bonchev–Trinajstić information content (AvgIpc) is 3.20. The molecule has 1 aromatic carbocycles. The van der Waals surface area contributed by atoms with Gasteiger partial charge < -0.3 is 20.3 Å². The van der Waals surface area contributed by atoms with Crippen LogP contribution in [0.1, 0.15) is 54.9 Å². The van der Waals surface area contributed by atoms with Gasteiger partial charge in [0.2, 0.25) is 5.91 Å². The zero-order valence-corrected chi connectivity index (χ0v) is 15.8. The quantitative estimate of drug-likeness (QED) is 0.836. The molecule has 2 amide bonds. The number of carbonyl (C=O) groups excluding carboxylic acids is 2. The molecule has 2 aliphatic heterocycles. The third-order valence-electron chi connectivity index (χ3n) is 5.81. The second kappa shape index (κ2) is 7.35. The summed E-state index contributed by atoms with van der Waals surface area (Å²) in [7, 11) is 0. The van der Waals surface area contributed by atoms with Gasteiger partial charge in [0.25, 0.3) is 5.91 Å². The smallest absolute Gasteiger partial charge is 0.255 e. The molecule has 3 atom stereocenters. The molecule has 0 radical (unpaired) electrons. The van der Waals surface area contributed by atoms with E-state index in [0.29, 0.717) is 31.0 Å². The molecule has 1 aromatic rings. The predicted octanol–water partition coefficient (Wildman–Crippen LogP) is 2.34. The van der Waals surface area contributed by atoms with Crippen molar-refractivity contribution in [3.05, 3.63) is 41.6 Å². The summed E-state index contributed by atoms with van der Waals surface area (Å²) in [6.07, 6.45) is 4.86. The highest BCUT2D eigenvalue weighted by Gasteiger charge is 2.38. The maximum absolute atomic E-state index is 12.8. The summed E-state index contributed by atoms with van der Waals surface area (Å²) in [5.74, 6) is 0.596. The van der Waals surface area contributed by atoms with Gasteiger partial charge in [0.15, 0.2) is 0 Å². The van der Waals surface area contributed by atoms with E-state index in [9.17, 15) is 9.59 Å². The monoisotopic (exact) mass is 369 g/mol. The van der Waals surface area contributed by atoms with Gasteiger partial charge in [0.1, 0.15) is 17.9 Å². The van der Waals surface area contributed by atoms with Crippen LogP contribution < -0.4 is 15.4 Å². The first-order valence-corrected chi connectivity index (χ1v) is 9.89. The highest BCUT2D eigenvalue weighted by molar-refractivity contribution is 6.01. The Labute approximate surface area is 159 Å². The molecule has 1 saturated heterocycles. The number of benzene rings is 1. The molecule has 2 fully saturated rings. The molecule has 144 valence electrons. The van der Waals surface area contributed by atoms with Crippen molar-refractivity contribution in [1.29, 1.82) is 0 Å². The zero-order valence-electron chi connectivity index (χ0n) is 15.8. The first kappa shape index (κ1) is 18.0. The van der Waals surface area contributed by atoms with E-state index in [0.717, 1.165) is 36.4 Å². The van der Waals surface area contributed by atoms with Crippen molar-refractivity contribution in [1.82, 2.24) is 15.5 Å². The van der Waals surface area contributed by atoms with Crippen molar-refractivity contribution in [3.63, 3.8) is 0 Å². The number of nitrogens with one attached hydrogen (secondary N) is 2. The zero-order chi connectivity index (χ0) is 19.0. The Hall–Kier alpha value is -2.34. The van der Waals surface area contributed by atoms with Gasteiger partial charge in [-0.15, -0.1) is 0 Å². The fraction of sp³-hybridized carbons (Fsp3) is 0.524. The molecular formula is C21H27N3O3. The van der Waals surface area contributed by atoms with E-state index in [1.54, 1.807) is 4.90 Å². The van der Waals surface area contributed by atoms with Crippen LogP contribution in [0.3, 0.4) is 0 Å². The molecule has 1 unspecified atom stereocenters. The lowest BCUT2D eigenvalue weighted by atomic mass is 10.0. The van der Waals surface area contributed by atoms with Crippen LogP contribution in [0.15, 0.2) is 30.5 Å². The minimum absolute atomic E-state index is 0.0735. The Morgan fingerprint density at radius 1 is 1.30 bits per heavy atom. The average molecular weight is 369 g/mol. The van der Waals surface area contributed by atoms with E-state index >= 15 is 0 Å². The van der Waals surface area contributed by atoms with Crippen molar-refractivity contribution >= 4 is 11.8 Å². The lowest BCUT2D eigenvalue weighted by Crippen LogP contribution is -2.49. The molecule has 0 aromatic heterocycles. The maximum atomic E-state index is 12.8. The van der Waals surface area contributed by atoms with Crippen LogP contribution in [0, 0.1) is 0 Å². The number of fused-ring (bicyclic) bond motifs is 1. The van der Waals surface area contributed by atoms with Gasteiger partial charge in [-0.1, -0.05) is 13.5 Å². The predicted molar refractivity (Wildman–Crippen MR) is 102 cm³/mol. The molecule has 2 N–H and O–H groups in total. The first-order valence-electron chi connectivity index (χ1n) is 9.89. The maximum Gasteiger partial charge on any atom is 0.255 e. The number of rotatable bonds is 5. The highest BCUT2D eigenvalue weighted by Crippen LogP contribution is 2.32. The van der Waals surface area contributed by atoms with Crippen LogP contribution in [0.4, 0.5) is 0 Å². The van der Waals surface area contributed by atoms with Crippen molar-refractivity contribution in [2.24, 2.45) is 0 Å². The van der Waals surface area contributed by atoms with E-state index in [1.165, 1.54) is 6.42 Å². The molecule has 0 bridgehead atoms. The number of likely N-dealkylation sites (N-methyl/N-ethyl adjacent to an activating group) is 1. The van der Waals surface area contributed by atoms with Gasteiger partial charge >= 0.3 is 0 Å². The lowest BCUT2D eigenvalue weighted by molar-refractivity contribution is -0.126. The highest BCUT2D eigenvalue weighted by atomic mass is 16.5. The Morgan fingerprint density at radius 3 is 2.93 bits per heavy atom. The Kier molecular flexibility index (Phi) is 4.91. The van der Waals surface area contributed by atoms with Crippen LogP contribution in [0.5, 0.6) is 5.75 Å². The first-order chi connectivity index (χ1) is 13.1. The molecule has 1 aliphatic carbocycles. The van der Waals surface area contributed by atoms with Gasteiger partial charge in [-0.25, -0.2) is 0 Å². The van der Waals surface area contributed by atoms with Crippen LogP contribution in [0.2, 0.25) is 0 Å². The number of allylic oxidation sites excluding steroid dienone is 1. The number of ether oxygens (including phenoxy) is 1. The van der Waals surface area contributed by atoms with Gasteiger partial charge in [0, 0.05) is 23.8 Å². The largest absolute Gasteiger partial charge is 0.489 e. The summed E-state index contributed by atoms with van der Waals surface area (Å²) in [5, 5.41) is 6.26. The van der Waals surface area contributed by atoms with Crippen LogP contribution in [0.25, 0.3) is 0 Å². The molecule has 3 aliphatic rings. The number of hydrogen-bond acceptors (Lipinski definition) is 4. The number of hydrogen-bond donors (Lipinski definition) is 2. The third kappa shape index (κ3) is 3.46. The summed E-state index contributed by atoms with van der Waals surface area (Å²) in [4.78, 5) is 26.7. The number of amides is 2. The van der Waals surface area contributed by atoms with Crippen molar-refractivity contribution in [2.45, 2.75) is 63.8 Å². The van der Waals surface area contributed by atoms with E-state index in [2.05, 4.69) is 24.1 Å². The van der Waals surface area contributed by atoms with E-state index in [-0.39, 0.29) is 17.9 Å². The number of piperidine rings is 1. The van der Waals surface area contributed by atoms with Crippen molar-refractivity contribution in [3.8, 4) is 5.75 Å². The second-order valence-electron chi connectivity index (χ2n) is 7.65. The minimum Gasteiger partial charge on any atom is -0.489 e. The van der Waals surface area contributed by atoms with Crippen LogP contribution >= 0.6 is 0 Å². The summed E-state index contributed by atoms with van der Waals surface area (Å²) < 4.78 is 6.23. The second-order valence-corrected chi connectivity index (χ2v) is 7.65. The van der Waals surface area contributed by atoms with E-state index < -0.39 is 6.04 Å². The van der Waals surface area contributed by atoms with Gasteiger partial charge in [-0.05, 0) is 62.4 Å². The fourth-order valence-corrected chi connectivity index (χ4v) is 4.44. The van der Waals surface area contributed by atoms with Crippen molar-refractivity contribution in [2.75, 3.05) is 6.54 Å². The Balaban J connectivity index is 1.48.